The summed E-state index contributed by atoms with van der Waals surface area (Å²) >= 11 is 0. The fourth-order valence-corrected chi connectivity index (χ4v) is 3.29. The second-order valence-corrected chi connectivity index (χ2v) is 6.73. The van der Waals surface area contributed by atoms with Crippen LogP contribution in [0.2, 0.25) is 0 Å². The minimum Gasteiger partial charge on any atom is -0.315 e. The van der Waals surface area contributed by atoms with E-state index in [1.165, 1.54) is 19.4 Å². The van der Waals surface area contributed by atoms with Crippen LogP contribution in [0, 0.1) is 17.8 Å². The predicted molar refractivity (Wildman–Crippen MR) is 80.8 cm³/mol. The smallest absolute Gasteiger partial charge is 0.0237 e. The minimum absolute atomic E-state index is 0.641. The third kappa shape index (κ3) is 5.11. The monoisotopic (exact) mass is 252 g/mol. The molecule has 0 amide bonds. The molecule has 0 heterocycles. The van der Waals surface area contributed by atoms with E-state index in [2.05, 4.69) is 58.1 Å². The number of nitrogens with one attached hydrogen (secondary N) is 1. The van der Waals surface area contributed by atoms with Crippen LogP contribution in [0.4, 0.5) is 0 Å². The van der Waals surface area contributed by atoms with Crippen LogP contribution in [-0.2, 0) is 0 Å². The normalized spacial score (nSPS) is 26.6. The number of rotatable bonds is 6. The van der Waals surface area contributed by atoms with Crippen molar-refractivity contribution in [3.63, 3.8) is 0 Å². The first-order valence-electron chi connectivity index (χ1n) is 7.44. The molecule has 0 saturated carbocycles. The van der Waals surface area contributed by atoms with Gasteiger partial charge in [-0.1, -0.05) is 32.4 Å². The Labute approximate surface area is 114 Å². The Morgan fingerprint density at radius 3 is 2.56 bits per heavy atom. The summed E-state index contributed by atoms with van der Waals surface area (Å²) in [6.07, 6.45) is 5.07. The van der Waals surface area contributed by atoms with E-state index >= 15 is 0 Å². The van der Waals surface area contributed by atoms with Crippen LogP contribution in [0.5, 0.6) is 0 Å². The zero-order valence-corrected chi connectivity index (χ0v) is 13.2. The Hall–Kier alpha value is -0.340. The summed E-state index contributed by atoms with van der Waals surface area (Å²) in [7, 11) is 4.36. The summed E-state index contributed by atoms with van der Waals surface area (Å²) < 4.78 is 0. The van der Waals surface area contributed by atoms with Gasteiger partial charge in [-0.15, -0.1) is 0 Å². The molecule has 0 bridgehead atoms. The van der Waals surface area contributed by atoms with Crippen LogP contribution in [0.25, 0.3) is 0 Å². The van der Waals surface area contributed by atoms with Crippen molar-refractivity contribution >= 4 is 0 Å². The molecule has 0 spiro atoms. The molecule has 3 atom stereocenters. The molecule has 3 unspecified atom stereocenters. The van der Waals surface area contributed by atoms with Crippen LogP contribution in [0.3, 0.4) is 0 Å². The van der Waals surface area contributed by atoms with Crippen molar-refractivity contribution in [3.05, 3.63) is 11.6 Å². The molecule has 106 valence electrons. The molecule has 18 heavy (non-hydrogen) atoms. The van der Waals surface area contributed by atoms with Crippen LogP contribution in [0.1, 0.15) is 40.5 Å². The summed E-state index contributed by atoms with van der Waals surface area (Å²) in [5, 5.41) is 3.69. The van der Waals surface area contributed by atoms with Crippen molar-refractivity contribution in [2.24, 2.45) is 17.8 Å². The fourth-order valence-electron chi connectivity index (χ4n) is 3.29. The van der Waals surface area contributed by atoms with E-state index in [4.69, 9.17) is 0 Å². The van der Waals surface area contributed by atoms with Crippen LogP contribution in [0.15, 0.2) is 11.6 Å². The molecule has 0 aromatic rings. The lowest BCUT2D eigenvalue weighted by Crippen LogP contribution is -2.43. The Morgan fingerprint density at radius 2 is 2.06 bits per heavy atom. The van der Waals surface area contributed by atoms with Crippen molar-refractivity contribution < 1.29 is 0 Å². The molecular formula is C16H32N2. The maximum Gasteiger partial charge on any atom is 0.0237 e. The zero-order chi connectivity index (χ0) is 13.7. The predicted octanol–water partition coefficient (Wildman–Crippen LogP) is 3.15. The molecule has 1 N–H and O–H groups in total. The third-order valence-electron chi connectivity index (χ3n) is 4.10. The summed E-state index contributed by atoms with van der Waals surface area (Å²) in [5.74, 6) is 2.31. The second-order valence-electron chi connectivity index (χ2n) is 6.73. The molecule has 2 nitrogen and oxygen atoms in total. The lowest BCUT2D eigenvalue weighted by Gasteiger charge is -2.30. The summed E-state index contributed by atoms with van der Waals surface area (Å²) in [6.45, 7) is 11.5. The molecule has 1 rings (SSSR count). The molecule has 1 aliphatic rings. The highest BCUT2D eigenvalue weighted by atomic mass is 15.1. The van der Waals surface area contributed by atoms with E-state index in [9.17, 15) is 0 Å². The number of likely N-dealkylation sites (N-methyl/N-ethyl adjacent to an activating group) is 1. The number of hydrogen-bond acceptors (Lipinski definition) is 2. The van der Waals surface area contributed by atoms with E-state index in [1.807, 2.05) is 0 Å². The molecule has 0 aromatic heterocycles. The van der Waals surface area contributed by atoms with Gasteiger partial charge >= 0.3 is 0 Å². The lowest BCUT2D eigenvalue weighted by molar-refractivity contribution is 0.219. The Kier molecular flexibility index (Phi) is 6.37. The summed E-state index contributed by atoms with van der Waals surface area (Å²) in [6, 6.07) is 0.641. The SMILES string of the molecule is CC1=CC(C)CC(CNCC(C(C)C)N(C)C)C1. The number of hydrogen-bond donors (Lipinski definition) is 1. The number of nitrogens with zero attached hydrogens (tertiary/aromatic N) is 1. The number of allylic oxidation sites excluding steroid dienone is 2. The molecule has 0 aliphatic heterocycles. The van der Waals surface area contributed by atoms with Gasteiger partial charge in [0, 0.05) is 12.6 Å². The van der Waals surface area contributed by atoms with Crippen molar-refractivity contribution in [2.75, 3.05) is 27.2 Å². The Balaban J connectivity index is 2.31. The Bertz CT molecular complexity index is 260. The maximum atomic E-state index is 3.69. The van der Waals surface area contributed by atoms with E-state index < -0.39 is 0 Å². The summed E-state index contributed by atoms with van der Waals surface area (Å²) in [5.41, 5.74) is 1.58. The average molecular weight is 252 g/mol. The second kappa shape index (κ2) is 7.30. The van der Waals surface area contributed by atoms with E-state index in [0.717, 1.165) is 18.4 Å². The standard InChI is InChI=1S/C16H32N2/c1-12(2)16(18(5)6)11-17-10-15-8-13(3)7-14(4)9-15/h7,12-13,15-17H,8-11H2,1-6H3. The molecule has 0 fully saturated rings. The highest BCUT2D eigenvalue weighted by Crippen LogP contribution is 2.27. The minimum atomic E-state index is 0.641. The summed E-state index contributed by atoms with van der Waals surface area (Å²) in [4.78, 5) is 2.34. The van der Waals surface area contributed by atoms with Gasteiger partial charge < -0.3 is 10.2 Å². The van der Waals surface area contributed by atoms with Gasteiger partial charge in [0.15, 0.2) is 0 Å². The topological polar surface area (TPSA) is 15.3 Å². The molecule has 0 saturated heterocycles. The zero-order valence-electron chi connectivity index (χ0n) is 13.2. The lowest BCUT2D eigenvalue weighted by atomic mass is 9.83. The van der Waals surface area contributed by atoms with E-state index in [0.29, 0.717) is 12.0 Å². The van der Waals surface area contributed by atoms with Crippen molar-refractivity contribution in [3.8, 4) is 0 Å². The Morgan fingerprint density at radius 1 is 1.39 bits per heavy atom. The average Bonchev–Trinajstić information content (AvgIpc) is 2.21. The quantitative estimate of drug-likeness (QED) is 0.731. The van der Waals surface area contributed by atoms with E-state index in [-0.39, 0.29) is 0 Å². The third-order valence-corrected chi connectivity index (χ3v) is 4.10. The first-order valence-corrected chi connectivity index (χ1v) is 7.44. The van der Waals surface area contributed by atoms with Gasteiger partial charge in [-0.05, 0) is 58.2 Å². The van der Waals surface area contributed by atoms with Gasteiger partial charge in [0.2, 0.25) is 0 Å². The molecule has 0 radical (unpaired) electrons. The maximum absolute atomic E-state index is 3.69. The van der Waals surface area contributed by atoms with Gasteiger partial charge in [-0.2, -0.15) is 0 Å². The van der Waals surface area contributed by atoms with Crippen LogP contribution < -0.4 is 5.32 Å². The first-order chi connectivity index (χ1) is 8.40. The van der Waals surface area contributed by atoms with Gasteiger partial charge in [-0.25, -0.2) is 0 Å². The fraction of sp³-hybridized carbons (Fsp3) is 0.875. The molecule has 1 aliphatic carbocycles. The van der Waals surface area contributed by atoms with Gasteiger partial charge in [0.25, 0.3) is 0 Å². The van der Waals surface area contributed by atoms with Gasteiger partial charge in [0.05, 0.1) is 0 Å². The van der Waals surface area contributed by atoms with Gasteiger partial charge in [-0.3, -0.25) is 0 Å². The largest absolute Gasteiger partial charge is 0.315 e. The van der Waals surface area contributed by atoms with Crippen molar-refractivity contribution in [2.45, 2.75) is 46.6 Å². The molecular weight excluding hydrogens is 220 g/mol. The highest BCUT2D eigenvalue weighted by Gasteiger charge is 2.19. The van der Waals surface area contributed by atoms with Crippen LogP contribution in [-0.4, -0.2) is 38.1 Å². The van der Waals surface area contributed by atoms with Gasteiger partial charge in [0.1, 0.15) is 0 Å². The van der Waals surface area contributed by atoms with Crippen molar-refractivity contribution in [1.82, 2.24) is 10.2 Å². The first kappa shape index (κ1) is 15.7. The van der Waals surface area contributed by atoms with Crippen molar-refractivity contribution in [1.29, 1.82) is 0 Å². The van der Waals surface area contributed by atoms with E-state index in [1.54, 1.807) is 5.57 Å². The molecule has 0 aromatic carbocycles. The van der Waals surface area contributed by atoms with Crippen LogP contribution >= 0.6 is 0 Å². The molecule has 2 heteroatoms. The highest BCUT2D eigenvalue weighted by molar-refractivity contribution is 5.06.